The van der Waals surface area contributed by atoms with Crippen molar-refractivity contribution in [2.45, 2.75) is 38.8 Å². The fourth-order valence-electron chi connectivity index (χ4n) is 4.66. The fourth-order valence-corrected chi connectivity index (χ4v) is 4.66. The number of hydrogen-bond acceptors (Lipinski definition) is 4. The predicted octanol–water partition coefficient (Wildman–Crippen LogP) is 3.67. The van der Waals surface area contributed by atoms with Gasteiger partial charge in [0.15, 0.2) is 0 Å². The number of nitrogens with one attached hydrogen (secondary N) is 3. The Morgan fingerprint density at radius 2 is 1.83 bits per heavy atom. The summed E-state index contributed by atoms with van der Waals surface area (Å²) in [5.74, 6) is 2.04. The predicted molar refractivity (Wildman–Crippen MR) is 120 cm³/mol. The monoisotopic (exact) mass is 395 g/mol. The molecular formula is C24H33N3O2. The Balaban J connectivity index is 1.38. The van der Waals surface area contributed by atoms with Gasteiger partial charge in [-0.15, -0.1) is 0 Å². The topological polar surface area (TPSA) is 69.3 Å². The lowest BCUT2D eigenvalue weighted by Crippen LogP contribution is -2.47. The van der Waals surface area contributed by atoms with Gasteiger partial charge in [0.25, 0.3) is 0 Å². The molecule has 4 rings (SSSR count). The molecule has 1 aliphatic rings. The second-order valence-corrected chi connectivity index (χ2v) is 8.58. The second-order valence-electron chi connectivity index (χ2n) is 8.58. The highest BCUT2D eigenvalue weighted by atomic mass is 16.5. The van der Waals surface area contributed by atoms with Gasteiger partial charge in [-0.2, -0.15) is 0 Å². The van der Waals surface area contributed by atoms with Gasteiger partial charge in [0.05, 0.1) is 5.52 Å². The van der Waals surface area contributed by atoms with Crippen molar-refractivity contribution in [3.63, 3.8) is 0 Å². The molecule has 3 aromatic rings. The van der Waals surface area contributed by atoms with Crippen LogP contribution in [0.4, 0.5) is 0 Å². The van der Waals surface area contributed by atoms with Crippen molar-refractivity contribution < 1.29 is 9.84 Å². The molecule has 29 heavy (non-hydrogen) atoms. The Morgan fingerprint density at radius 3 is 2.62 bits per heavy atom. The Hall–Kier alpha value is -2.08. The zero-order valence-electron chi connectivity index (χ0n) is 17.4. The number of benzene rings is 2. The lowest BCUT2D eigenvalue weighted by Gasteiger charge is -2.34. The first-order valence-electron chi connectivity index (χ1n) is 10.9. The summed E-state index contributed by atoms with van der Waals surface area (Å²) in [6.07, 6.45) is 1.86. The van der Waals surface area contributed by atoms with Crippen LogP contribution in [0.1, 0.15) is 26.7 Å². The molecule has 1 aromatic heterocycles. The Kier molecular flexibility index (Phi) is 6.38. The largest absolute Gasteiger partial charge is 0.490 e. The quantitative estimate of drug-likeness (QED) is 0.470. The molecule has 2 atom stereocenters. The fraction of sp³-hybridized carbons (Fsp3) is 0.500. The number of aromatic nitrogens is 1. The van der Waals surface area contributed by atoms with Gasteiger partial charge in [-0.25, -0.2) is 0 Å². The van der Waals surface area contributed by atoms with Gasteiger partial charge in [-0.05, 0) is 56.0 Å². The van der Waals surface area contributed by atoms with Crippen molar-refractivity contribution in [2.24, 2.45) is 11.8 Å². The third-order valence-corrected chi connectivity index (χ3v) is 6.12. The van der Waals surface area contributed by atoms with Gasteiger partial charge in [-0.3, -0.25) is 0 Å². The summed E-state index contributed by atoms with van der Waals surface area (Å²) in [5.41, 5.74) is 2.16. The average molecular weight is 396 g/mol. The van der Waals surface area contributed by atoms with Gasteiger partial charge in [0, 0.05) is 28.9 Å². The first-order valence-corrected chi connectivity index (χ1v) is 10.9. The molecule has 5 heteroatoms. The third-order valence-electron chi connectivity index (χ3n) is 6.12. The van der Waals surface area contributed by atoms with E-state index in [4.69, 9.17) is 4.74 Å². The van der Waals surface area contributed by atoms with E-state index < -0.39 is 6.10 Å². The van der Waals surface area contributed by atoms with Gasteiger partial charge in [0.1, 0.15) is 18.5 Å². The summed E-state index contributed by atoms with van der Waals surface area (Å²) in [6.45, 7) is 7.55. The number of aliphatic hydroxyl groups excluding tert-OH is 1. The van der Waals surface area contributed by atoms with E-state index in [0.717, 1.165) is 40.6 Å². The minimum absolute atomic E-state index is 0.280. The van der Waals surface area contributed by atoms with Crippen molar-refractivity contribution in [1.29, 1.82) is 0 Å². The smallest absolute Gasteiger partial charge is 0.129 e. The minimum atomic E-state index is -0.543. The highest BCUT2D eigenvalue weighted by molar-refractivity contribution is 6.10. The highest BCUT2D eigenvalue weighted by Gasteiger charge is 2.26. The summed E-state index contributed by atoms with van der Waals surface area (Å²) in [4.78, 5) is 3.43. The van der Waals surface area contributed by atoms with E-state index in [0.29, 0.717) is 24.4 Å². The maximum Gasteiger partial charge on any atom is 0.129 e. The molecule has 1 saturated heterocycles. The number of para-hydroxylation sites is 1. The molecule has 0 amide bonds. The van der Waals surface area contributed by atoms with Crippen molar-refractivity contribution in [3.05, 3.63) is 42.5 Å². The normalized spacial score (nSPS) is 17.8. The van der Waals surface area contributed by atoms with E-state index in [9.17, 15) is 5.11 Å². The summed E-state index contributed by atoms with van der Waals surface area (Å²) >= 11 is 0. The maximum atomic E-state index is 10.6. The number of aromatic amines is 1. The molecule has 156 valence electrons. The van der Waals surface area contributed by atoms with Crippen LogP contribution in [-0.2, 0) is 0 Å². The Bertz CT molecular complexity index is 930. The van der Waals surface area contributed by atoms with Gasteiger partial charge in [-0.1, -0.05) is 38.1 Å². The molecule has 1 unspecified atom stereocenters. The highest BCUT2D eigenvalue weighted by Crippen LogP contribution is 2.33. The SMILES string of the molecule is CC(C)C(NC[C@H](O)COc1cccc2[nH]c3ccccc3c12)C1CCNCC1. The molecule has 2 aromatic carbocycles. The minimum Gasteiger partial charge on any atom is -0.490 e. The van der Waals surface area contributed by atoms with Crippen molar-refractivity contribution in [3.8, 4) is 5.75 Å². The molecule has 0 bridgehead atoms. The number of H-pyrrole nitrogens is 1. The molecule has 0 spiro atoms. The number of hydrogen-bond donors (Lipinski definition) is 4. The summed E-state index contributed by atoms with van der Waals surface area (Å²) in [5, 5.41) is 19.9. The van der Waals surface area contributed by atoms with Crippen LogP contribution in [-0.4, -0.2) is 48.5 Å². The van der Waals surface area contributed by atoms with E-state index in [-0.39, 0.29) is 6.61 Å². The lowest BCUT2D eigenvalue weighted by atomic mass is 9.84. The van der Waals surface area contributed by atoms with Crippen molar-refractivity contribution >= 4 is 21.8 Å². The molecule has 0 radical (unpaired) electrons. The van der Waals surface area contributed by atoms with Crippen LogP contribution in [0.15, 0.2) is 42.5 Å². The molecule has 0 saturated carbocycles. The van der Waals surface area contributed by atoms with E-state index in [2.05, 4.69) is 47.7 Å². The standard InChI is InChI=1S/C24H33N3O2/c1-16(2)24(17-10-12-25-13-11-17)26-14-18(28)15-29-22-9-5-8-21-23(22)19-6-3-4-7-20(19)27-21/h3-9,16-18,24-28H,10-15H2,1-2H3/t18-,24?/m0/s1. The molecule has 2 heterocycles. The van der Waals surface area contributed by atoms with Crippen molar-refractivity contribution in [1.82, 2.24) is 15.6 Å². The first kappa shape index (κ1) is 20.2. The number of fused-ring (bicyclic) bond motifs is 3. The van der Waals surface area contributed by atoms with Gasteiger partial charge < -0.3 is 25.5 Å². The molecule has 0 aliphatic carbocycles. The van der Waals surface area contributed by atoms with Crippen LogP contribution in [0.2, 0.25) is 0 Å². The molecule has 1 fully saturated rings. The Morgan fingerprint density at radius 1 is 1.07 bits per heavy atom. The van der Waals surface area contributed by atoms with E-state index in [1.807, 2.05) is 24.3 Å². The third kappa shape index (κ3) is 4.58. The van der Waals surface area contributed by atoms with Crippen LogP contribution in [0.3, 0.4) is 0 Å². The van der Waals surface area contributed by atoms with E-state index in [1.54, 1.807) is 0 Å². The van der Waals surface area contributed by atoms with Gasteiger partial charge in [0.2, 0.25) is 0 Å². The number of aliphatic hydroxyl groups is 1. The number of ether oxygens (including phenoxy) is 1. The summed E-state index contributed by atoms with van der Waals surface area (Å²) < 4.78 is 6.07. The number of piperidine rings is 1. The average Bonchev–Trinajstić information content (AvgIpc) is 3.12. The summed E-state index contributed by atoms with van der Waals surface area (Å²) in [6, 6.07) is 14.7. The van der Waals surface area contributed by atoms with E-state index >= 15 is 0 Å². The van der Waals surface area contributed by atoms with Crippen LogP contribution in [0.5, 0.6) is 5.75 Å². The lowest BCUT2D eigenvalue weighted by molar-refractivity contribution is 0.0961. The van der Waals surface area contributed by atoms with E-state index in [1.165, 1.54) is 12.8 Å². The van der Waals surface area contributed by atoms with Crippen molar-refractivity contribution in [2.75, 3.05) is 26.2 Å². The molecule has 4 N–H and O–H groups in total. The Labute approximate surface area is 172 Å². The molecule has 1 aliphatic heterocycles. The second kappa shape index (κ2) is 9.16. The maximum absolute atomic E-state index is 10.6. The van der Waals surface area contributed by atoms with Crippen LogP contribution in [0.25, 0.3) is 21.8 Å². The van der Waals surface area contributed by atoms with Gasteiger partial charge >= 0.3 is 0 Å². The zero-order valence-corrected chi connectivity index (χ0v) is 17.4. The zero-order chi connectivity index (χ0) is 20.2. The van der Waals surface area contributed by atoms with Crippen LogP contribution >= 0.6 is 0 Å². The number of rotatable bonds is 8. The summed E-state index contributed by atoms with van der Waals surface area (Å²) in [7, 11) is 0. The van der Waals surface area contributed by atoms with Crippen LogP contribution < -0.4 is 15.4 Å². The molecule has 5 nitrogen and oxygen atoms in total. The first-order chi connectivity index (χ1) is 14.1. The van der Waals surface area contributed by atoms with Crippen LogP contribution in [0, 0.1) is 11.8 Å². The molecular weight excluding hydrogens is 362 g/mol.